The van der Waals surface area contributed by atoms with E-state index in [1.165, 1.54) is 12.1 Å². The highest BCUT2D eigenvalue weighted by molar-refractivity contribution is 6.54. The summed E-state index contributed by atoms with van der Waals surface area (Å²) in [5, 5.41) is 13.7. The maximum Gasteiger partial charge on any atom is 0.271 e. The van der Waals surface area contributed by atoms with Crippen LogP contribution in [0.15, 0.2) is 48.5 Å². The molecule has 0 heterocycles. The molecule has 0 saturated heterocycles. The number of hydrogen-bond donors (Lipinski definition) is 1. The third-order valence-electron chi connectivity index (χ3n) is 4.32. The molecule has 2 aromatic rings. The van der Waals surface area contributed by atoms with Gasteiger partial charge in [-0.15, -0.1) is 23.2 Å². The Hall–Kier alpha value is -2.11. The number of amides is 1. The number of halogens is 2. The molecule has 2 aromatic carbocycles. The molecule has 1 fully saturated rings. The third kappa shape index (κ3) is 2.64. The van der Waals surface area contributed by atoms with Gasteiger partial charge in [0, 0.05) is 18.6 Å². The van der Waals surface area contributed by atoms with E-state index in [0.29, 0.717) is 11.3 Å². The van der Waals surface area contributed by atoms with Crippen LogP contribution in [0.1, 0.15) is 17.5 Å². The average Bonchev–Trinajstić information content (AvgIpc) is 3.14. The number of hydrogen-bond acceptors (Lipinski definition) is 3. The van der Waals surface area contributed by atoms with Crippen LogP contribution >= 0.6 is 23.2 Å². The minimum absolute atomic E-state index is 0.0940. The number of nitrogens with zero attached hydrogens (tertiary/aromatic N) is 1. The van der Waals surface area contributed by atoms with Crippen molar-refractivity contribution in [2.45, 2.75) is 23.1 Å². The molecule has 0 aromatic heterocycles. The Bertz CT molecular complexity index is 824. The zero-order chi connectivity index (χ0) is 17.5. The van der Waals surface area contributed by atoms with Crippen molar-refractivity contribution in [3.63, 3.8) is 0 Å². The molecule has 124 valence electrons. The van der Waals surface area contributed by atoms with Gasteiger partial charge >= 0.3 is 0 Å². The molecule has 1 N–H and O–H groups in total. The highest BCUT2D eigenvalue weighted by atomic mass is 35.5. The summed E-state index contributed by atoms with van der Waals surface area (Å²) in [6, 6.07) is 13.4. The van der Waals surface area contributed by atoms with Crippen LogP contribution in [0.4, 0.5) is 11.4 Å². The summed E-state index contributed by atoms with van der Waals surface area (Å²) in [7, 11) is 0. The lowest BCUT2D eigenvalue weighted by Crippen LogP contribution is -2.32. The second-order valence-electron chi connectivity index (χ2n) is 5.86. The van der Waals surface area contributed by atoms with Crippen molar-refractivity contribution in [3.8, 4) is 0 Å². The van der Waals surface area contributed by atoms with Crippen LogP contribution in [0.5, 0.6) is 0 Å². The molecule has 24 heavy (non-hydrogen) atoms. The molecule has 0 bridgehead atoms. The summed E-state index contributed by atoms with van der Waals surface area (Å²) >= 11 is 12.6. The van der Waals surface area contributed by atoms with Gasteiger partial charge in [0.2, 0.25) is 5.91 Å². The van der Waals surface area contributed by atoms with E-state index in [1.54, 1.807) is 25.1 Å². The van der Waals surface area contributed by atoms with Gasteiger partial charge in [-0.2, -0.15) is 0 Å². The van der Waals surface area contributed by atoms with Gasteiger partial charge in [0.25, 0.3) is 5.69 Å². The van der Waals surface area contributed by atoms with E-state index in [2.05, 4.69) is 5.32 Å². The van der Waals surface area contributed by atoms with E-state index in [1.807, 2.05) is 18.2 Å². The number of benzene rings is 2. The first-order valence-electron chi connectivity index (χ1n) is 7.28. The smallest absolute Gasteiger partial charge is 0.271 e. The van der Waals surface area contributed by atoms with Crippen molar-refractivity contribution in [1.82, 2.24) is 0 Å². The van der Waals surface area contributed by atoms with Crippen molar-refractivity contribution in [2.75, 3.05) is 5.32 Å². The van der Waals surface area contributed by atoms with Crippen LogP contribution in [0.25, 0.3) is 0 Å². The van der Waals surface area contributed by atoms with Crippen molar-refractivity contribution >= 4 is 40.5 Å². The fourth-order valence-corrected chi connectivity index (χ4v) is 3.58. The van der Waals surface area contributed by atoms with Gasteiger partial charge < -0.3 is 5.32 Å². The van der Waals surface area contributed by atoms with Gasteiger partial charge in [-0.05, 0) is 18.1 Å². The van der Waals surface area contributed by atoms with E-state index >= 15 is 0 Å². The van der Waals surface area contributed by atoms with Crippen LogP contribution in [-0.4, -0.2) is 15.2 Å². The molecule has 1 amide bonds. The Balaban J connectivity index is 1.95. The highest BCUT2D eigenvalue weighted by Crippen LogP contribution is 2.65. The number of rotatable bonds is 4. The first kappa shape index (κ1) is 16.7. The molecule has 0 spiro atoms. The van der Waals surface area contributed by atoms with Crippen LogP contribution in [0.2, 0.25) is 0 Å². The van der Waals surface area contributed by atoms with Gasteiger partial charge in [-0.25, -0.2) is 0 Å². The zero-order valence-electron chi connectivity index (χ0n) is 12.8. The minimum Gasteiger partial charge on any atom is -0.325 e. The summed E-state index contributed by atoms with van der Waals surface area (Å²) in [5.41, 5.74) is 0.654. The van der Waals surface area contributed by atoms with Crippen molar-refractivity contribution < 1.29 is 9.72 Å². The average molecular weight is 365 g/mol. The van der Waals surface area contributed by atoms with E-state index in [-0.39, 0.29) is 18.0 Å². The third-order valence-corrected chi connectivity index (χ3v) is 5.23. The van der Waals surface area contributed by atoms with Gasteiger partial charge in [-0.1, -0.05) is 36.4 Å². The lowest BCUT2D eigenvalue weighted by Gasteiger charge is -2.19. The van der Waals surface area contributed by atoms with Crippen LogP contribution in [0.3, 0.4) is 0 Å². The van der Waals surface area contributed by atoms with E-state index in [4.69, 9.17) is 23.2 Å². The summed E-state index contributed by atoms with van der Waals surface area (Å²) in [6.07, 6.45) is 0.285. The molecule has 5 nitrogen and oxygen atoms in total. The van der Waals surface area contributed by atoms with Crippen LogP contribution in [0, 0.1) is 17.0 Å². The number of carbonyl (C=O) groups is 1. The number of nitrogens with one attached hydrogen (secondary N) is 1. The van der Waals surface area contributed by atoms with Crippen LogP contribution in [-0.2, 0) is 10.2 Å². The summed E-state index contributed by atoms with van der Waals surface area (Å²) < 4.78 is -1.20. The van der Waals surface area contributed by atoms with Gasteiger partial charge in [-0.3, -0.25) is 14.9 Å². The number of non-ortho nitro benzene ring substituents is 1. The monoisotopic (exact) mass is 364 g/mol. The van der Waals surface area contributed by atoms with E-state index in [0.717, 1.165) is 5.56 Å². The predicted molar refractivity (Wildman–Crippen MR) is 93.6 cm³/mol. The normalized spacial score (nSPS) is 21.1. The number of aryl methyl sites for hydroxylation is 1. The predicted octanol–water partition coefficient (Wildman–Crippen LogP) is 4.36. The molecule has 7 heteroatoms. The second-order valence-corrected chi connectivity index (χ2v) is 7.35. The fraction of sp³-hybridized carbons (Fsp3) is 0.235. The second kappa shape index (κ2) is 5.76. The van der Waals surface area contributed by atoms with Crippen molar-refractivity contribution in [2.24, 2.45) is 0 Å². The number of anilines is 1. The van der Waals surface area contributed by atoms with Gasteiger partial charge in [0.1, 0.15) is 9.75 Å². The Morgan fingerprint density at radius 1 is 1.21 bits per heavy atom. The molecule has 1 unspecified atom stereocenters. The first-order valence-corrected chi connectivity index (χ1v) is 8.03. The maximum absolute atomic E-state index is 12.9. The van der Waals surface area contributed by atoms with Gasteiger partial charge in [0.15, 0.2) is 0 Å². The zero-order valence-corrected chi connectivity index (χ0v) is 14.3. The van der Waals surface area contributed by atoms with Gasteiger partial charge in [0.05, 0.1) is 10.6 Å². The maximum atomic E-state index is 12.9. The molecule has 1 aliphatic carbocycles. The largest absolute Gasteiger partial charge is 0.325 e. The number of carbonyl (C=O) groups excluding carboxylic acids is 1. The number of nitro groups is 1. The standard InChI is InChI=1S/C17H14Cl2N2O3/c1-11-7-8-13(21(23)24)9-14(11)20-15(22)16(10-17(16,18)19)12-5-3-2-4-6-12/h2-9H,10H2,1H3,(H,20,22). The molecule has 1 saturated carbocycles. The Morgan fingerprint density at radius 3 is 2.38 bits per heavy atom. The highest BCUT2D eigenvalue weighted by Gasteiger charge is 2.72. The molecule has 1 atom stereocenters. The number of nitro benzene ring substituents is 1. The summed E-state index contributed by atoms with van der Waals surface area (Å²) in [4.78, 5) is 23.3. The molecule has 0 aliphatic heterocycles. The fourth-order valence-electron chi connectivity index (χ4n) is 2.79. The molecule has 1 aliphatic rings. The SMILES string of the molecule is Cc1ccc([N+](=O)[O-])cc1NC(=O)C1(c2ccccc2)CC1(Cl)Cl. The van der Waals surface area contributed by atoms with Crippen molar-refractivity contribution in [1.29, 1.82) is 0 Å². The molecular formula is C17H14Cl2N2O3. The quantitative estimate of drug-likeness (QED) is 0.497. The summed E-state index contributed by atoms with van der Waals surface area (Å²) in [5.74, 6) is -0.373. The molecule has 0 radical (unpaired) electrons. The molecule has 3 rings (SSSR count). The van der Waals surface area contributed by atoms with E-state index < -0.39 is 14.7 Å². The topological polar surface area (TPSA) is 72.2 Å². The van der Waals surface area contributed by atoms with E-state index in [9.17, 15) is 14.9 Å². The first-order chi connectivity index (χ1) is 11.3. The lowest BCUT2D eigenvalue weighted by molar-refractivity contribution is -0.384. The lowest BCUT2D eigenvalue weighted by atomic mass is 9.94. The Kier molecular flexibility index (Phi) is 4.01. The number of alkyl halides is 2. The van der Waals surface area contributed by atoms with Crippen LogP contribution < -0.4 is 5.32 Å². The Morgan fingerprint density at radius 2 is 1.83 bits per heavy atom. The minimum atomic E-state index is -1.20. The molecular weight excluding hydrogens is 351 g/mol. The van der Waals surface area contributed by atoms with Crippen molar-refractivity contribution in [3.05, 3.63) is 69.8 Å². The summed E-state index contributed by atoms with van der Waals surface area (Å²) in [6.45, 7) is 1.76. The Labute approximate surface area is 148 Å².